The molecule has 1 N–H and O–H groups in total. The molecule has 14 heavy (non-hydrogen) atoms. The predicted octanol–water partition coefficient (Wildman–Crippen LogP) is -0.242. The van der Waals surface area contributed by atoms with Crippen LogP contribution in [-0.2, 0) is 4.79 Å². The number of carbonyl (C=O) groups is 1. The number of nitrogens with zero attached hydrogens (tertiary/aromatic N) is 2. The van der Waals surface area contributed by atoms with E-state index in [9.17, 15) is 4.79 Å². The van der Waals surface area contributed by atoms with E-state index in [0.717, 1.165) is 45.6 Å². The van der Waals surface area contributed by atoms with E-state index in [2.05, 4.69) is 24.2 Å². The molecule has 1 atom stereocenters. The number of rotatable bonds is 6. The fraction of sp³-hybridized carbons (Fsp3) is 0.900. The van der Waals surface area contributed by atoms with Gasteiger partial charge in [-0.15, -0.1) is 0 Å². The van der Waals surface area contributed by atoms with E-state index in [1.165, 1.54) is 0 Å². The normalized spacial score (nSPS) is 21.9. The quantitative estimate of drug-likeness (QED) is 0.600. The van der Waals surface area contributed by atoms with Crippen LogP contribution >= 0.6 is 0 Å². The maximum absolute atomic E-state index is 10.5. The standard InChI is InChI=1S/C10H21N3O/c1-3-12(2)7-5-11-10-4-6-13(8-10)9-14/h9-11H,3-8H2,1-2H3. The van der Waals surface area contributed by atoms with E-state index in [1.807, 2.05) is 4.90 Å². The Morgan fingerprint density at radius 3 is 3.00 bits per heavy atom. The van der Waals surface area contributed by atoms with Gasteiger partial charge in [0.1, 0.15) is 0 Å². The van der Waals surface area contributed by atoms with Gasteiger partial charge in [-0.2, -0.15) is 0 Å². The Hall–Kier alpha value is -0.610. The number of likely N-dealkylation sites (N-methyl/N-ethyl adjacent to an activating group) is 1. The summed E-state index contributed by atoms with van der Waals surface area (Å²) in [5.74, 6) is 0. The van der Waals surface area contributed by atoms with Crippen LogP contribution in [0.3, 0.4) is 0 Å². The highest BCUT2D eigenvalue weighted by Crippen LogP contribution is 2.05. The fourth-order valence-electron chi connectivity index (χ4n) is 1.67. The third-order valence-electron chi connectivity index (χ3n) is 2.84. The average molecular weight is 199 g/mol. The smallest absolute Gasteiger partial charge is 0.209 e. The molecule has 1 fully saturated rings. The average Bonchev–Trinajstić information content (AvgIpc) is 2.65. The van der Waals surface area contributed by atoms with Crippen molar-refractivity contribution >= 4 is 6.41 Å². The van der Waals surface area contributed by atoms with Crippen LogP contribution in [-0.4, -0.2) is 62.0 Å². The Labute approximate surface area is 86.2 Å². The van der Waals surface area contributed by atoms with Gasteiger partial charge < -0.3 is 15.1 Å². The van der Waals surface area contributed by atoms with Crippen LogP contribution in [0.15, 0.2) is 0 Å². The second-order valence-electron chi connectivity index (χ2n) is 3.94. The molecule has 0 aliphatic carbocycles. The number of hydrogen-bond acceptors (Lipinski definition) is 3. The van der Waals surface area contributed by atoms with Crippen LogP contribution in [0, 0.1) is 0 Å². The first kappa shape index (κ1) is 11.5. The van der Waals surface area contributed by atoms with Crippen LogP contribution < -0.4 is 5.32 Å². The first-order valence-corrected chi connectivity index (χ1v) is 5.37. The molecule has 0 aromatic heterocycles. The van der Waals surface area contributed by atoms with Gasteiger partial charge in [-0.3, -0.25) is 4.79 Å². The van der Waals surface area contributed by atoms with Gasteiger partial charge >= 0.3 is 0 Å². The molecule has 0 radical (unpaired) electrons. The van der Waals surface area contributed by atoms with E-state index < -0.39 is 0 Å². The maximum atomic E-state index is 10.5. The van der Waals surface area contributed by atoms with E-state index in [0.29, 0.717) is 6.04 Å². The largest absolute Gasteiger partial charge is 0.344 e. The van der Waals surface area contributed by atoms with Gasteiger partial charge in [-0.05, 0) is 20.0 Å². The van der Waals surface area contributed by atoms with Gasteiger partial charge in [0.05, 0.1) is 0 Å². The van der Waals surface area contributed by atoms with Crippen molar-refractivity contribution in [2.45, 2.75) is 19.4 Å². The first-order valence-electron chi connectivity index (χ1n) is 5.37. The summed E-state index contributed by atoms with van der Waals surface area (Å²) in [7, 11) is 2.12. The number of carbonyl (C=O) groups excluding carboxylic acids is 1. The van der Waals surface area contributed by atoms with Gasteiger partial charge in [0.15, 0.2) is 0 Å². The predicted molar refractivity (Wildman–Crippen MR) is 57.2 cm³/mol. The summed E-state index contributed by atoms with van der Waals surface area (Å²) < 4.78 is 0. The van der Waals surface area contributed by atoms with E-state index in [1.54, 1.807) is 0 Å². The Bertz CT molecular complexity index is 175. The van der Waals surface area contributed by atoms with E-state index in [4.69, 9.17) is 0 Å². The van der Waals surface area contributed by atoms with Crippen LogP contribution in [0.5, 0.6) is 0 Å². The molecule has 1 unspecified atom stereocenters. The molecular weight excluding hydrogens is 178 g/mol. The zero-order valence-electron chi connectivity index (χ0n) is 9.20. The second kappa shape index (κ2) is 5.98. The minimum absolute atomic E-state index is 0.505. The van der Waals surface area contributed by atoms with Gasteiger partial charge in [-0.25, -0.2) is 0 Å². The third kappa shape index (κ3) is 3.64. The Balaban J connectivity index is 2.05. The Morgan fingerprint density at radius 2 is 2.43 bits per heavy atom. The number of likely N-dealkylation sites (tertiary alicyclic amines) is 1. The monoisotopic (exact) mass is 199 g/mol. The number of amides is 1. The van der Waals surface area contributed by atoms with Crippen molar-refractivity contribution in [3.05, 3.63) is 0 Å². The zero-order chi connectivity index (χ0) is 10.4. The summed E-state index contributed by atoms with van der Waals surface area (Å²) in [5, 5.41) is 3.47. The SMILES string of the molecule is CCN(C)CCNC1CCN(C=O)C1. The lowest BCUT2D eigenvalue weighted by atomic mass is 10.2. The molecule has 0 aromatic carbocycles. The molecule has 1 aliphatic rings. The van der Waals surface area contributed by atoms with Gasteiger partial charge in [0, 0.05) is 32.2 Å². The van der Waals surface area contributed by atoms with Crippen molar-refractivity contribution in [1.29, 1.82) is 0 Å². The van der Waals surface area contributed by atoms with Crippen molar-refractivity contribution in [3.8, 4) is 0 Å². The zero-order valence-corrected chi connectivity index (χ0v) is 9.20. The number of hydrogen-bond donors (Lipinski definition) is 1. The summed E-state index contributed by atoms with van der Waals surface area (Å²) in [4.78, 5) is 14.6. The molecule has 0 bridgehead atoms. The van der Waals surface area contributed by atoms with Crippen molar-refractivity contribution in [2.75, 3.05) is 39.8 Å². The molecule has 0 spiro atoms. The molecule has 1 amide bonds. The van der Waals surface area contributed by atoms with Crippen molar-refractivity contribution < 1.29 is 4.79 Å². The molecule has 82 valence electrons. The van der Waals surface area contributed by atoms with E-state index >= 15 is 0 Å². The van der Waals surface area contributed by atoms with E-state index in [-0.39, 0.29) is 0 Å². The van der Waals surface area contributed by atoms with Gasteiger partial charge in [0.2, 0.25) is 6.41 Å². The summed E-state index contributed by atoms with van der Waals surface area (Å²) >= 11 is 0. The highest BCUT2D eigenvalue weighted by molar-refractivity contribution is 5.47. The Morgan fingerprint density at radius 1 is 1.64 bits per heavy atom. The molecule has 1 saturated heterocycles. The topological polar surface area (TPSA) is 35.6 Å². The minimum Gasteiger partial charge on any atom is -0.344 e. The first-order chi connectivity index (χ1) is 6.76. The molecule has 1 aliphatic heterocycles. The lowest BCUT2D eigenvalue weighted by molar-refractivity contribution is -0.117. The van der Waals surface area contributed by atoms with Gasteiger partial charge in [0.25, 0.3) is 0 Å². The van der Waals surface area contributed by atoms with Crippen LogP contribution in [0.25, 0.3) is 0 Å². The number of nitrogens with one attached hydrogen (secondary N) is 1. The second-order valence-corrected chi connectivity index (χ2v) is 3.94. The summed E-state index contributed by atoms with van der Waals surface area (Å²) in [6.07, 6.45) is 2.04. The summed E-state index contributed by atoms with van der Waals surface area (Å²) in [6.45, 7) is 7.12. The minimum atomic E-state index is 0.505. The van der Waals surface area contributed by atoms with Crippen molar-refractivity contribution in [3.63, 3.8) is 0 Å². The molecule has 1 rings (SSSR count). The molecular formula is C10H21N3O. The fourth-order valence-corrected chi connectivity index (χ4v) is 1.67. The van der Waals surface area contributed by atoms with Crippen LogP contribution in [0.1, 0.15) is 13.3 Å². The van der Waals surface area contributed by atoms with Crippen molar-refractivity contribution in [2.24, 2.45) is 0 Å². The van der Waals surface area contributed by atoms with Crippen molar-refractivity contribution in [1.82, 2.24) is 15.1 Å². The highest BCUT2D eigenvalue weighted by atomic mass is 16.1. The third-order valence-corrected chi connectivity index (χ3v) is 2.84. The maximum Gasteiger partial charge on any atom is 0.209 e. The van der Waals surface area contributed by atoms with Crippen LogP contribution in [0.2, 0.25) is 0 Å². The highest BCUT2D eigenvalue weighted by Gasteiger charge is 2.19. The summed E-state index contributed by atoms with van der Waals surface area (Å²) in [6, 6.07) is 0.505. The lowest BCUT2D eigenvalue weighted by Crippen LogP contribution is -2.37. The summed E-state index contributed by atoms with van der Waals surface area (Å²) in [5.41, 5.74) is 0. The molecule has 0 aromatic rings. The molecule has 1 heterocycles. The molecule has 4 heteroatoms. The lowest BCUT2D eigenvalue weighted by Gasteiger charge is -2.17. The molecule has 4 nitrogen and oxygen atoms in total. The van der Waals surface area contributed by atoms with Crippen LogP contribution in [0.4, 0.5) is 0 Å². The Kier molecular flexibility index (Phi) is 4.90. The van der Waals surface area contributed by atoms with Gasteiger partial charge in [-0.1, -0.05) is 6.92 Å². The molecule has 0 saturated carbocycles.